The highest BCUT2D eigenvalue weighted by Crippen LogP contribution is 2.41. The van der Waals surface area contributed by atoms with Crippen LogP contribution in [0.15, 0.2) is 42.6 Å². The topological polar surface area (TPSA) is 135 Å². The Morgan fingerprint density at radius 1 is 1.08 bits per heavy atom. The van der Waals surface area contributed by atoms with Gasteiger partial charge in [-0.05, 0) is 37.1 Å². The number of nitrogens with zero attached hydrogens (tertiary/aromatic N) is 3. The number of amides is 1. The van der Waals surface area contributed by atoms with Crippen molar-refractivity contribution in [2.75, 3.05) is 44.9 Å². The minimum absolute atomic E-state index is 0.136. The van der Waals surface area contributed by atoms with E-state index in [2.05, 4.69) is 9.97 Å². The third kappa shape index (κ3) is 5.28. The van der Waals surface area contributed by atoms with Crippen molar-refractivity contribution < 1.29 is 23.7 Å². The van der Waals surface area contributed by atoms with E-state index in [4.69, 9.17) is 30.4 Å². The molecule has 1 unspecified atom stereocenters. The summed E-state index contributed by atoms with van der Waals surface area (Å²) in [4.78, 5) is 21.7. The number of rotatable bonds is 10. The Hall–Kier alpha value is -4.05. The van der Waals surface area contributed by atoms with Crippen LogP contribution in [0.2, 0.25) is 0 Å². The quantitative estimate of drug-likeness (QED) is 0.432. The van der Waals surface area contributed by atoms with Crippen molar-refractivity contribution in [1.82, 2.24) is 14.9 Å². The van der Waals surface area contributed by atoms with Gasteiger partial charge in [-0.15, -0.1) is 0 Å². The molecule has 190 valence electrons. The van der Waals surface area contributed by atoms with E-state index in [-0.39, 0.29) is 12.0 Å². The average Bonchev–Trinajstić information content (AvgIpc) is 3.28. The summed E-state index contributed by atoms with van der Waals surface area (Å²) >= 11 is 0. The van der Waals surface area contributed by atoms with Gasteiger partial charge >= 0.3 is 6.09 Å². The molecule has 0 spiro atoms. The second kappa shape index (κ2) is 11.1. The molecule has 4 rings (SSSR count). The lowest BCUT2D eigenvalue weighted by Crippen LogP contribution is -2.30. The van der Waals surface area contributed by atoms with Crippen LogP contribution in [0.3, 0.4) is 0 Å². The Morgan fingerprint density at radius 2 is 1.75 bits per heavy atom. The number of nitrogens with two attached hydrogens (primary N) is 2. The fourth-order valence-corrected chi connectivity index (χ4v) is 4.24. The largest absolute Gasteiger partial charge is 0.493 e. The van der Waals surface area contributed by atoms with E-state index >= 15 is 0 Å². The minimum atomic E-state index is -0.526. The molecular formula is C26H31N5O5. The van der Waals surface area contributed by atoms with E-state index in [9.17, 15) is 4.79 Å². The molecule has 1 aromatic heterocycles. The van der Waals surface area contributed by atoms with Crippen molar-refractivity contribution in [2.45, 2.75) is 26.5 Å². The van der Waals surface area contributed by atoms with Gasteiger partial charge in [-0.25, -0.2) is 9.78 Å². The summed E-state index contributed by atoms with van der Waals surface area (Å²) in [6, 6.07) is 11.7. The van der Waals surface area contributed by atoms with Crippen molar-refractivity contribution >= 4 is 17.9 Å². The fourth-order valence-electron chi connectivity index (χ4n) is 4.24. The molecule has 1 aliphatic heterocycles. The van der Waals surface area contributed by atoms with Gasteiger partial charge in [0.15, 0.2) is 6.23 Å². The van der Waals surface area contributed by atoms with E-state index in [1.807, 2.05) is 50.2 Å². The summed E-state index contributed by atoms with van der Waals surface area (Å²) in [5.74, 6) is 1.85. The van der Waals surface area contributed by atoms with Crippen LogP contribution in [-0.4, -0.2) is 54.4 Å². The Bertz CT molecular complexity index is 1190. The number of anilines is 2. The zero-order valence-electron chi connectivity index (χ0n) is 20.7. The number of cyclic esters (lactones) is 1. The molecule has 2 aromatic carbocycles. The molecule has 3 aromatic rings. The number of nitrogen functional groups attached to an aromatic ring is 2. The number of hydrogen-bond donors (Lipinski definition) is 2. The number of methoxy groups -OCH3 is 1. The molecule has 4 N–H and O–H groups in total. The minimum Gasteiger partial charge on any atom is -0.493 e. The first kappa shape index (κ1) is 25.1. The number of benzene rings is 2. The molecule has 0 radical (unpaired) electrons. The van der Waals surface area contributed by atoms with Crippen LogP contribution in [-0.2, 0) is 15.9 Å². The van der Waals surface area contributed by atoms with Crippen LogP contribution < -0.4 is 20.9 Å². The van der Waals surface area contributed by atoms with Crippen LogP contribution in [0, 0.1) is 0 Å². The molecule has 0 saturated carbocycles. The smallest absolute Gasteiger partial charge is 0.412 e. The normalized spacial score (nSPS) is 14.0. The first-order chi connectivity index (χ1) is 17.4. The lowest BCUT2D eigenvalue weighted by atomic mass is 9.97. The predicted octanol–water partition coefficient (Wildman–Crippen LogP) is 3.79. The second-order valence-electron chi connectivity index (χ2n) is 8.17. The maximum atomic E-state index is 12.0. The van der Waals surface area contributed by atoms with Crippen molar-refractivity contribution in [3.05, 3.63) is 59.3 Å². The van der Waals surface area contributed by atoms with Crippen LogP contribution in [0.4, 0.5) is 16.6 Å². The van der Waals surface area contributed by atoms with Crippen molar-refractivity contribution in [1.29, 1.82) is 0 Å². The first-order valence-corrected chi connectivity index (χ1v) is 11.8. The van der Waals surface area contributed by atoms with Crippen molar-refractivity contribution in [3.8, 4) is 22.6 Å². The van der Waals surface area contributed by atoms with Gasteiger partial charge in [-0.1, -0.05) is 24.3 Å². The SMILES string of the molecule is CCOc1cc(Cc2cnc(N)nc2N)cc(OCC)c1-c1ccc(C(OC)N2CCOC2=O)cc1. The lowest BCUT2D eigenvalue weighted by Gasteiger charge is -2.24. The summed E-state index contributed by atoms with van der Waals surface area (Å²) in [5, 5.41) is 0. The summed E-state index contributed by atoms with van der Waals surface area (Å²) < 4.78 is 22.8. The molecule has 1 fully saturated rings. The zero-order chi connectivity index (χ0) is 25.7. The van der Waals surface area contributed by atoms with Crippen molar-refractivity contribution in [3.63, 3.8) is 0 Å². The van der Waals surface area contributed by atoms with Gasteiger partial charge in [0.25, 0.3) is 0 Å². The third-order valence-corrected chi connectivity index (χ3v) is 5.82. The number of carbonyl (C=O) groups excluding carboxylic acids is 1. The van der Waals surface area contributed by atoms with Crippen LogP contribution in [0.25, 0.3) is 11.1 Å². The maximum Gasteiger partial charge on any atom is 0.412 e. The summed E-state index contributed by atoms with van der Waals surface area (Å²) in [7, 11) is 1.57. The van der Waals surface area contributed by atoms with E-state index in [0.29, 0.717) is 50.1 Å². The molecule has 0 bridgehead atoms. The maximum absolute atomic E-state index is 12.0. The summed E-state index contributed by atoms with van der Waals surface area (Å²) in [5.41, 5.74) is 16.0. The van der Waals surface area contributed by atoms with Gasteiger partial charge in [0.1, 0.15) is 23.9 Å². The standard InChI is InChI=1S/C26H31N5O5/c1-4-34-20-13-16(12-19-15-29-25(28)30-23(19)27)14-21(35-5-2)22(20)17-6-8-18(9-7-17)24(33-3)31-10-11-36-26(31)32/h6-9,13-15,24H,4-5,10-12H2,1-3H3,(H4,27,28,29,30). The number of aromatic nitrogens is 2. The van der Waals surface area contributed by atoms with Crippen molar-refractivity contribution in [2.24, 2.45) is 0 Å². The number of hydrogen-bond acceptors (Lipinski definition) is 9. The molecule has 36 heavy (non-hydrogen) atoms. The molecule has 10 nitrogen and oxygen atoms in total. The Balaban J connectivity index is 1.70. The van der Waals surface area contributed by atoms with E-state index in [1.165, 1.54) is 0 Å². The average molecular weight is 494 g/mol. The molecule has 1 aliphatic rings. The molecule has 1 atom stereocenters. The Morgan fingerprint density at radius 3 is 2.28 bits per heavy atom. The molecule has 1 saturated heterocycles. The highest BCUT2D eigenvalue weighted by molar-refractivity contribution is 5.78. The molecule has 1 amide bonds. The first-order valence-electron chi connectivity index (χ1n) is 11.8. The molecule has 0 aliphatic carbocycles. The van der Waals surface area contributed by atoms with E-state index in [0.717, 1.165) is 27.8 Å². The van der Waals surface area contributed by atoms with E-state index in [1.54, 1.807) is 18.2 Å². The molecule has 2 heterocycles. The highest BCUT2D eigenvalue weighted by atomic mass is 16.6. The van der Waals surface area contributed by atoms with Crippen LogP contribution in [0.1, 0.15) is 36.8 Å². The fraction of sp³-hybridized carbons (Fsp3) is 0.346. The Kier molecular flexibility index (Phi) is 7.74. The van der Waals surface area contributed by atoms with Crippen LogP contribution in [0.5, 0.6) is 11.5 Å². The van der Waals surface area contributed by atoms with Gasteiger partial charge in [-0.3, -0.25) is 4.90 Å². The van der Waals surface area contributed by atoms with Gasteiger partial charge in [-0.2, -0.15) is 4.98 Å². The lowest BCUT2D eigenvalue weighted by molar-refractivity contribution is -0.00379. The Labute approximate surface area is 210 Å². The van der Waals surface area contributed by atoms with Gasteiger partial charge < -0.3 is 30.4 Å². The number of ether oxygens (including phenoxy) is 4. The predicted molar refractivity (Wildman–Crippen MR) is 136 cm³/mol. The second-order valence-corrected chi connectivity index (χ2v) is 8.17. The third-order valence-electron chi connectivity index (χ3n) is 5.82. The monoisotopic (exact) mass is 493 g/mol. The van der Waals surface area contributed by atoms with Crippen LogP contribution >= 0.6 is 0 Å². The molecule has 10 heteroatoms. The summed E-state index contributed by atoms with van der Waals surface area (Å²) in [6.45, 7) is 5.67. The highest BCUT2D eigenvalue weighted by Gasteiger charge is 2.31. The number of carbonyl (C=O) groups is 1. The summed E-state index contributed by atoms with van der Waals surface area (Å²) in [6.07, 6.45) is 1.22. The van der Waals surface area contributed by atoms with Gasteiger partial charge in [0.2, 0.25) is 5.95 Å². The zero-order valence-corrected chi connectivity index (χ0v) is 20.7. The van der Waals surface area contributed by atoms with E-state index < -0.39 is 6.23 Å². The molecular weight excluding hydrogens is 462 g/mol. The van der Waals surface area contributed by atoms with Gasteiger partial charge in [0, 0.05) is 30.9 Å². The van der Waals surface area contributed by atoms with Gasteiger partial charge in [0.05, 0.1) is 25.3 Å².